The Bertz CT molecular complexity index is 1440. The second kappa shape index (κ2) is 9.66. The first-order chi connectivity index (χ1) is 17.3. The Morgan fingerprint density at radius 1 is 0.972 bits per heavy atom. The van der Waals surface area contributed by atoms with Crippen LogP contribution in [0.25, 0.3) is 17.0 Å². The Balaban J connectivity index is 1.65. The summed E-state index contributed by atoms with van der Waals surface area (Å²) >= 11 is 5.87. The molecule has 0 saturated heterocycles. The highest BCUT2D eigenvalue weighted by atomic mass is 32.1. The summed E-state index contributed by atoms with van der Waals surface area (Å²) in [7, 11) is 0. The highest BCUT2D eigenvalue weighted by Gasteiger charge is 2.35. The Hall–Kier alpha value is -3.84. The molecule has 1 unspecified atom stereocenters. The molecule has 1 atom stereocenters. The van der Waals surface area contributed by atoms with Gasteiger partial charge in [0.1, 0.15) is 5.82 Å². The van der Waals surface area contributed by atoms with Crippen molar-refractivity contribution < 1.29 is 8.91 Å². The van der Waals surface area contributed by atoms with Gasteiger partial charge in [0.05, 0.1) is 11.6 Å². The van der Waals surface area contributed by atoms with Crippen LogP contribution in [-0.4, -0.2) is 15.3 Å². The zero-order chi connectivity index (χ0) is 25.4. The third-order valence-electron chi connectivity index (χ3n) is 6.43. The summed E-state index contributed by atoms with van der Waals surface area (Å²) in [4.78, 5) is 6.73. The number of allylic oxidation sites excluding steroid dienone is 1. The largest absolute Gasteiger partial charge is 0.351 e. The van der Waals surface area contributed by atoms with E-state index in [0.717, 1.165) is 40.1 Å². The van der Waals surface area contributed by atoms with E-state index in [-0.39, 0.29) is 11.9 Å². The van der Waals surface area contributed by atoms with Gasteiger partial charge in [-0.2, -0.15) is 4.98 Å². The van der Waals surface area contributed by atoms with Crippen molar-refractivity contribution in [2.45, 2.75) is 40.2 Å². The van der Waals surface area contributed by atoms with Gasteiger partial charge in [-0.1, -0.05) is 42.4 Å². The molecule has 1 aromatic heterocycles. The van der Waals surface area contributed by atoms with Gasteiger partial charge in [-0.05, 0) is 98.1 Å². The molecule has 1 aliphatic heterocycles. The van der Waals surface area contributed by atoms with Crippen LogP contribution >= 0.6 is 12.2 Å². The van der Waals surface area contributed by atoms with E-state index < -0.39 is 0 Å². The van der Waals surface area contributed by atoms with Crippen LogP contribution in [0.2, 0.25) is 0 Å². The molecule has 3 aromatic carbocycles. The SMILES string of the molecule is CCc1ccc(C2NC(=S)N(c3cc(C)cc(C)c3)C(C)=C2c2nc(-c3ccc(F)cc3)no2)cc1. The van der Waals surface area contributed by atoms with Crippen molar-refractivity contribution in [2.75, 3.05) is 4.90 Å². The van der Waals surface area contributed by atoms with Crippen LogP contribution in [-0.2, 0) is 6.42 Å². The van der Waals surface area contributed by atoms with Crippen LogP contribution in [0.4, 0.5) is 10.1 Å². The molecule has 5 nitrogen and oxygen atoms in total. The maximum absolute atomic E-state index is 13.4. The van der Waals surface area contributed by atoms with E-state index in [1.165, 1.54) is 17.7 Å². The molecule has 0 amide bonds. The summed E-state index contributed by atoms with van der Waals surface area (Å²) in [6.45, 7) is 8.30. The first-order valence-corrected chi connectivity index (χ1v) is 12.3. The minimum absolute atomic E-state index is 0.271. The number of thiocarbonyl (C=S) groups is 1. The summed E-state index contributed by atoms with van der Waals surface area (Å²) in [6.07, 6.45) is 0.962. The van der Waals surface area contributed by atoms with Crippen LogP contribution < -0.4 is 10.2 Å². The lowest BCUT2D eigenvalue weighted by Crippen LogP contribution is -2.46. The second-order valence-electron chi connectivity index (χ2n) is 9.09. The van der Waals surface area contributed by atoms with Crippen molar-refractivity contribution >= 4 is 28.6 Å². The number of anilines is 1. The minimum Gasteiger partial charge on any atom is -0.351 e. The number of nitrogens with one attached hydrogen (secondary N) is 1. The van der Waals surface area contributed by atoms with E-state index >= 15 is 0 Å². The Morgan fingerprint density at radius 2 is 1.64 bits per heavy atom. The molecule has 1 N–H and O–H groups in total. The highest BCUT2D eigenvalue weighted by Crippen LogP contribution is 2.39. The average Bonchev–Trinajstić information content (AvgIpc) is 3.33. The molecule has 36 heavy (non-hydrogen) atoms. The standard InChI is InChI=1S/C29H27FN4OS/c1-5-20-6-8-21(9-7-20)26-25(28-32-27(33-35-28)22-10-12-23(30)13-11-22)19(4)34(29(36)31-26)24-15-17(2)14-18(3)16-24/h6-16,26H,5H2,1-4H3,(H,31,36). The van der Waals surface area contributed by atoms with E-state index in [9.17, 15) is 4.39 Å². The van der Waals surface area contributed by atoms with Crippen molar-refractivity contribution in [2.24, 2.45) is 0 Å². The normalized spacial score (nSPS) is 15.9. The minimum atomic E-state index is -0.314. The Labute approximate surface area is 215 Å². The summed E-state index contributed by atoms with van der Waals surface area (Å²) in [5.74, 6) is 0.475. The molecule has 182 valence electrons. The fourth-order valence-corrected chi connectivity index (χ4v) is 5.02. The molecule has 7 heteroatoms. The molecule has 0 aliphatic carbocycles. The van der Waals surface area contributed by atoms with Gasteiger partial charge >= 0.3 is 0 Å². The van der Waals surface area contributed by atoms with Gasteiger partial charge in [-0.15, -0.1) is 0 Å². The van der Waals surface area contributed by atoms with Gasteiger partial charge in [-0.3, -0.25) is 4.90 Å². The molecular weight excluding hydrogens is 471 g/mol. The van der Waals surface area contributed by atoms with E-state index in [2.05, 4.69) is 73.7 Å². The van der Waals surface area contributed by atoms with Crippen LogP contribution in [0, 0.1) is 19.7 Å². The third kappa shape index (κ3) is 4.54. The van der Waals surface area contributed by atoms with Crippen LogP contribution in [0.3, 0.4) is 0 Å². The van der Waals surface area contributed by atoms with Crippen LogP contribution in [0.1, 0.15) is 48.0 Å². The van der Waals surface area contributed by atoms with Gasteiger partial charge in [0.25, 0.3) is 5.89 Å². The third-order valence-corrected chi connectivity index (χ3v) is 6.73. The van der Waals surface area contributed by atoms with Crippen molar-refractivity contribution in [1.82, 2.24) is 15.5 Å². The number of hydrogen-bond donors (Lipinski definition) is 1. The zero-order valence-electron chi connectivity index (χ0n) is 20.7. The lowest BCUT2D eigenvalue weighted by Gasteiger charge is -2.37. The average molecular weight is 499 g/mol. The molecule has 4 aromatic rings. The van der Waals surface area contributed by atoms with Crippen molar-refractivity contribution in [1.29, 1.82) is 0 Å². The monoisotopic (exact) mass is 498 g/mol. The lowest BCUT2D eigenvalue weighted by atomic mass is 9.93. The molecule has 0 spiro atoms. The van der Waals surface area contributed by atoms with Crippen LogP contribution in [0.5, 0.6) is 0 Å². The zero-order valence-corrected chi connectivity index (χ0v) is 21.5. The molecular formula is C29H27FN4OS. The number of halogens is 1. The van der Waals surface area contributed by atoms with Gasteiger partial charge in [0.15, 0.2) is 5.11 Å². The maximum Gasteiger partial charge on any atom is 0.258 e. The fourth-order valence-electron chi connectivity index (χ4n) is 4.66. The van der Waals surface area contributed by atoms with E-state index in [1.807, 2.05) is 11.8 Å². The molecule has 2 heterocycles. The first kappa shape index (κ1) is 23.9. The molecule has 0 radical (unpaired) electrons. The van der Waals surface area contributed by atoms with E-state index in [4.69, 9.17) is 21.7 Å². The predicted molar refractivity (Wildman–Crippen MR) is 145 cm³/mol. The van der Waals surface area contributed by atoms with Gasteiger partial charge in [0.2, 0.25) is 5.82 Å². The predicted octanol–water partition coefficient (Wildman–Crippen LogP) is 6.92. The summed E-state index contributed by atoms with van der Waals surface area (Å²) in [6, 6.07) is 20.6. The number of aromatic nitrogens is 2. The van der Waals surface area contributed by atoms with Gasteiger partial charge < -0.3 is 9.84 Å². The summed E-state index contributed by atoms with van der Waals surface area (Å²) < 4.78 is 19.2. The number of rotatable bonds is 5. The van der Waals surface area contributed by atoms with Crippen molar-refractivity contribution in [3.63, 3.8) is 0 Å². The molecule has 0 fully saturated rings. The number of aryl methyl sites for hydroxylation is 3. The molecule has 0 saturated carbocycles. The molecule has 5 rings (SSSR count). The summed E-state index contributed by atoms with van der Waals surface area (Å²) in [5, 5.41) is 8.32. The van der Waals surface area contributed by atoms with Crippen molar-refractivity contribution in [3.05, 3.63) is 106 Å². The highest BCUT2D eigenvalue weighted by molar-refractivity contribution is 7.80. The Kier molecular flexibility index (Phi) is 6.41. The topological polar surface area (TPSA) is 54.2 Å². The smallest absolute Gasteiger partial charge is 0.258 e. The fraction of sp³-hybridized carbons (Fsp3) is 0.207. The van der Waals surface area contributed by atoms with E-state index in [1.54, 1.807) is 12.1 Å². The van der Waals surface area contributed by atoms with Crippen LogP contribution in [0.15, 0.2) is 77.0 Å². The molecule has 0 bridgehead atoms. The second-order valence-corrected chi connectivity index (χ2v) is 9.47. The van der Waals surface area contributed by atoms with E-state index in [0.29, 0.717) is 22.4 Å². The first-order valence-electron chi connectivity index (χ1n) is 11.9. The molecule has 1 aliphatic rings. The van der Waals surface area contributed by atoms with Gasteiger partial charge in [-0.25, -0.2) is 4.39 Å². The summed E-state index contributed by atoms with van der Waals surface area (Å²) in [5.41, 5.74) is 8.00. The quantitative estimate of drug-likeness (QED) is 0.301. The Morgan fingerprint density at radius 3 is 2.28 bits per heavy atom. The maximum atomic E-state index is 13.4. The van der Waals surface area contributed by atoms with Gasteiger partial charge in [0, 0.05) is 16.9 Å². The van der Waals surface area contributed by atoms with Crippen molar-refractivity contribution in [3.8, 4) is 11.4 Å². The number of hydrogen-bond acceptors (Lipinski definition) is 4. The number of benzene rings is 3. The lowest BCUT2D eigenvalue weighted by molar-refractivity contribution is 0.404. The number of nitrogens with zero attached hydrogens (tertiary/aromatic N) is 3.